The number of β-lactam (4-membered cyclic amide) rings is 1. The van der Waals surface area contributed by atoms with Crippen LogP contribution in [-0.2, 0) is 14.4 Å². The standard InChI is InChI=1S/C12H20N4O4/c1-6(17)8(9(13)18)15-10(19)7-3-4-12(16(7)2)5-14-11(12)20/h6-8,17H,3-5H2,1-2H3,(H2,13,18)(H,14,20)(H,15,19). The van der Waals surface area contributed by atoms with E-state index in [1.807, 2.05) is 0 Å². The first-order valence-electron chi connectivity index (χ1n) is 6.58. The smallest absolute Gasteiger partial charge is 0.242 e. The van der Waals surface area contributed by atoms with Gasteiger partial charge in [0, 0.05) is 6.54 Å². The average Bonchev–Trinajstić information content (AvgIpc) is 2.73. The molecule has 2 fully saturated rings. The van der Waals surface area contributed by atoms with Crippen molar-refractivity contribution in [2.45, 2.75) is 43.5 Å². The number of carbonyl (C=O) groups excluding carboxylic acids is 3. The highest BCUT2D eigenvalue weighted by Gasteiger charge is 2.56. The Bertz CT molecular complexity index is 453. The second-order valence-electron chi connectivity index (χ2n) is 5.51. The number of aliphatic hydroxyl groups is 1. The van der Waals surface area contributed by atoms with Crippen molar-refractivity contribution >= 4 is 17.7 Å². The lowest BCUT2D eigenvalue weighted by molar-refractivity contribution is -0.143. The van der Waals surface area contributed by atoms with Crippen molar-refractivity contribution < 1.29 is 19.5 Å². The molecule has 0 aromatic heterocycles. The fourth-order valence-electron chi connectivity index (χ4n) is 2.88. The molecule has 1 spiro atoms. The molecule has 3 amide bonds. The average molecular weight is 284 g/mol. The number of amides is 3. The maximum Gasteiger partial charge on any atom is 0.242 e. The molecule has 8 heteroatoms. The lowest BCUT2D eigenvalue weighted by atomic mass is 9.89. The molecule has 0 aromatic carbocycles. The molecule has 20 heavy (non-hydrogen) atoms. The number of aliphatic hydroxyl groups excluding tert-OH is 1. The molecule has 0 aliphatic carbocycles. The SMILES string of the molecule is CC(O)C(NC(=O)C1CCC2(CNC2=O)N1C)C(N)=O. The Balaban J connectivity index is 2.04. The Morgan fingerprint density at radius 1 is 1.60 bits per heavy atom. The molecule has 112 valence electrons. The zero-order chi connectivity index (χ0) is 15.1. The van der Waals surface area contributed by atoms with Crippen molar-refractivity contribution in [1.29, 1.82) is 0 Å². The highest BCUT2D eigenvalue weighted by Crippen LogP contribution is 2.36. The Kier molecular flexibility index (Phi) is 3.70. The van der Waals surface area contributed by atoms with E-state index < -0.39 is 35.5 Å². The summed E-state index contributed by atoms with van der Waals surface area (Å²) in [6, 6.07) is -1.62. The van der Waals surface area contributed by atoms with Crippen LogP contribution in [0.1, 0.15) is 19.8 Å². The third-order valence-corrected chi connectivity index (χ3v) is 4.33. The topological polar surface area (TPSA) is 125 Å². The molecule has 5 N–H and O–H groups in total. The number of nitrogens with one attached hydrogen (secondary N) is 2. The number of primary amides is 1. The number of rotatable bonds is 4. The fourth-order valence-corrected chi connectivity index (χ4v) is 2.88. The van der Waals surface area contributed by atoms with E-state index in [1.165, 1.54) is 6.92 Å². The Hall–Kier alpha value is -1.67. The third-order valence-electron chi connectivity index (χ3n) is 4.33. The highest BCUT2D eigenvalue weighted by molar-refractivity contribution is 5.95. The van der Waals surface area contributed by atoms with Crippen LogP contribution in [0, 0.1) is 0 Å². The molecule has 4 atom stereocenters. The molecular formula is C12H20N4O4. The quantitative estimate of drug-likeness (QED) is 0.418. The zero-order valence-electron chi connectivity index (χ0n) is 11.5. The zero-order valence-corrected chi connectivity index (χ0v) is 11.5. The molecule has 2 rings (SSSR count). The van der Waals surface area contributed by atoms with Gasteiger partial charge in [0.05, 0.1) is 12.1 Å². The van der Waals surface area contributed by atoms with Gasteiger partial charge in [-0.15, -0.1) is 0 Å². The summed E-state index contributed by atoms with van der Waals surface area (Å²) in [7, 11) is 1.72. The van der Waals surface area contributed by atoms with Crippen molar-refractivity contribution in [3.63, 3.8) is 0 Å². The largest absolute Gasteiger partial charge is 0.391 e. The lowest BCUT2D eigenvalue weighted by Gasteiger charge is -2.44. The molecule has 0 aromatic rings. The third kappa shape index (κ3) is 2.14. The molecule has 8 nitrogen and oxygen atoms in total. The number of likely N-dealkylation sites (tertiary alicyclic amines) is 1. The van der Waals surface area contributed by atoms with Gasteiger partial charge in [0.25, 0.3) is 0 Å². The minimum absolute atomic E-state index is 0.0720. The Morgan fingerprint density at radius 2 is 2.25 bits per heavy atom. The van der Waals surface area contributed by atoms with Crippen molar-refractivity contribution in [2.24, 2.45) is 5.73 Å². The molecule has 4 unspecified atom stereocenters. The van der Waals surface area contributed by atoms with Crippen LogP contribution in [0.15, 0.2) is 0 Å². The first-order chi connectivity index (χ1) is 9.29. The molecule has 2 aliphatic rings. The molecule has 2 saturated heterocycles. The van der Waals surface area contributed by atoms with Gasteiger partial charge in [0.1, 0.15) is 11.6 Å². The van der Waals surface area contributed by atoms with Gasteiger partial charge in [0.15, 0.2) is 0 Å². The maximum absolute atomic E-state index is 12.2. The molecule has 0 bridgehead atoms. The summed E-state index contributed by atoms with van der Waals surface area (Å²) in [4.78, 5) is 36.8. The Labute approximate surface area is 116 Å². The van der Waals surface area contributed by atoms with Gasteiger partial charge < -0.3 is 21.5 Å². The minimum atomic E-state index is -1.12. The van der Waals surface area contributed by atoms with Crippen LogP contribution in [-0.4, -0.2) is 65.0 Å². The van der Waals surface area contributed by atoms with Gasteiger partial charge in [-0.2, -0.15) is 0 Å². The summed E-state index contributed by atoms with van der Waals surface area (Å²) in [6.07, 6.45) is 0.0637. The predicted molar refractivity (Wildman–Crippen MR) is 69.3 cm³/mol. The van der Waals surface area contributed by atoms with Crippen LogP contribution in [0.2, 0.25) is 0 Å². The summed E-state index contributed by atoms with van der Waals surface area (Å²) in [6.45, 7) is 1.91. The second-order valence-corrected chi connectivity index (χ2v) is 5.51. The molecule has 2 aliphatic heterocycles. The predicted octanol–water partition coefficient (Wildman–Crippen LogP) is -2.70. The summed E-state index contributed by atoms with van der Waals surface area (Å²) >= 11 is 0. The van der Waals surface area contributed by atoms with Gasteiger partial charge in [-0.25, -0.2) is 0 Å². The van der Waals surface area contributed by atoms with Gasteiger partial charge >= 0.3 is 0 Å². The van der Waals surface area contributed by atoms with Crippen LogP contribution in [0.3, 0.4) is 0 Å². The monoisotopic (exact) mass is 284 g/mol. The summed E-state index contributed by atoms with van der Waals surface area (Å²) < 4.78 is 0. The number of nitrogens with zero attached hydrogens (tertiary/aromatic N) is 1. The van der Waals surface area contributed by atoms with Crippen molar-refractivity contribution in [1.82, 2.24) is 15.5 Å². The van der Waals surface area contributed by atoms with Crippen LogP contribution in [0.4, 0.5) is 0 Å². The number of likely N-dealkylation sites (N-methyl/N-ethyl adjacent to an activating group) is 1. The normalized spacial score (nSPS) is 32.4. The van der Waals surface area contributed by atoms with Gasteiger partial charge in [-0.05, 0) is 26.8 Å². The molecule has 0 radical (unpaired) electrons. The van der Waals surface area contributed by atoms with Gasteiger partial charge in [-0.1, -0.05) is 0 Å². The van der Waals surface area contributed by atoms with E-state index in [0.717, 1.165) is 0 Å². The fraction of sp³-hybridized carbons (Fsp3) is 0.750. The Morgan fingerprint density at radius 3 is 2.60 bits per heavy atom. The van der Waals surface area contributed by atoms with E-state index in [9.17, 15) is 19.5 Å². The van der Waals surface area contributed by atoms with Crippen molar-refractivity contribution in [3.8, 4) is 0 Å². The van der Waals surface area contributed by atoms with E-state index >= 15 is 0 Å². The van der Waals surface area contributed by atoms with E-state index in [4.69, 9.17) is 5.73 Å². The molecule has 0 saturated carbocycles. The van der Waals surface area contributed by atoms with Crippen molar-refractivity contribution in [2.75, 3.05) is 13.6 Å². The number of hydrogen-bond acceptors (Lipinski definition) is 5. The summed E-state index contributed by atoms with van der Waals surface area (Å²) in [5.41, 5.74) is 4.54. The maximum atomic E-state index is 12.2. The first-order valence-corrected chi connectivity index (χ1v) is 6.58. The van der Waals surface area contributed by atoms with E-state index in [-0.39, 0.29) is 5.91 Å². The van der Waals surface area contributed by atoms with E-state index in [0.29, 0.717) is 19.4 Å². The second kappa shape index (κ2) is 5.02. The van der Waals surface area contributed by atoms with Gasteiger partial charge in [-0.3, -0.25) is 19.3 Å². The van der Waals surface area contributed by atoms with E-state index in [2.05, 4.69) is 10.6 Å². The van der Waals surface area contributed by atoms with Crippen LogP contribution in [0.25, 0.3) is 0 Å². The summed E-state index contributed by atoms with van der Waals surface area (Å²) in [5, 5.41) is 14.6. The van der Waals surface area contributed by atoms with Crippen LogP contribution in [0.5, 0.6) is 0 Å². The number of hydrogen-bond donors (Lipinski definition) is 4. The van der Waals surface area contributed by atoms with Crippen molar-refractivity contribution in [3.05, 3.63) is 0 Å². The highest BCUT2D eigenvalue weighted by atomic mass is 16.3. The molecule has 2 heterocycles. The number of nitrogens with two attached hydrogens (primary N) is 1. The first kappa shape index (κ1) is 14.7. The van der Waals surface area contributed by atoms with E-state index in [1.54, 1.807) is 11.9 Å². The van der Waals surface area contributed by atoms with Crippen LogP contribution >= 0.6 is 0 Å². The van der Waals surface area contributed by atoms with Gasteiger partial charge in [0.2, 0.25) is 17.7 Å². The molecular weight excluding hydrogens is 264 g/mol. The van der Waals surface area contributed by atoms with Crippen LogP contribution < -0.4 is 16.4 Å². The summed E-state index contributed by atoms with van der Waals surface area (Å²) in [5.74, 6) is -1.25. The number of carbonyl (C=O) groups is 3. The minimum Gasteiger partial charge on any atom is -0.391 e. The lowest BCUT2D eigenvalue weighted by Crippen LogP contribution is -2.71.